The highest BCUT2D eigenvalue weighted by Crippen LogP contribution is 2.41. The van der Waals surface area contributed by atoms with Crippen LogP contribution in [0, 0.1) is 5.92 Å². The molecule has 0 radical (unpaired) electrons. The normalized spacial score (nSPS) is 21.1. The lowest BCUT2D eigenvalue weighted by atomic mass is 9.75. The predicted molar refractivity (Wildman–Crippen MR) is 129 cm³/mol. The van der Waals surface area contributed by atoms with Crippen LogP contribution < -0.4 is 5.32 Å². The van der Waals surface area contributed by atoms with Gasteiger partial charge in [0.25, 0.3) is 11.8 Å². The minimum Gasteiger partial charge on any atom is -0.339 e. The fourth-order valence-electron chi connectivity index (χ4n) is 5.01. The number of imide groups is 1. The van der Waals surface area contributed by atoms with E-state index in [0.717, 1.165) is 4.88 Å². The van der Waals surface area contributed by atoms with Crippen molar-refractivity contribution in [2.75, 3.05) is 19.6 Å². The summed E-state index contributed by atoms with van der Waals surface area (Å²) in [5, 5.41) is 5.02. The SMILES string of the molecule is O=C(c1ccccc1)N1CCC([C@]2(c3ccccn3)NC(=O)N(CCc3cccs3)C2=O)CC1. The molecule has 34 heavy (non-hydrogen) atoms. The summed E-state index contributed by atoms with van der Waals surface area (Å²) in [6, 6.07) is 18.3. The molecule has 1 N–H and O–H groups in total. The van der Waals surface area contributed by atoms with Gasteiger partial charge in [0.1, 0.15) is 0 Å². The van der Waals surface area contributed by atoms with Crippen molar-refractivity contribution in [3.8, 4) is 0 Å². The van der Waals surface area contributed by atoms with E-state index in [9.17, 15) is 14.4 Å². The van der Waals surface area contributed by atoms with Gasteiger partial charge >= 0.3 is 6.03 Å². The monoisotopic (exact) mass is 474 g/mol. The Bertz CT molecular complexity index is 1160. The van der Waals surface area contributed by atoms with E-state index in [1.165, 1.54) is 4.90 Å². The minimum absolute atomic E-state index is 0.00899. The molecule has 2 fully saturated rings. The number of aromatic nitrogens is 1. The lowest BCUT2D eigenvalue weighted by Gasteiger charge is -2.40. The van der Waals surface area contributed by atoms with E-state index in [1.54, 1.807) is 23.6 Å². The number of hydrogen-bond donors (Lipinski definition) is 1. The van der Waals surface area contributed by atoms with E-state index in [1.807, 2.05) is 64.9 Å². The average molecular weight is 475 g/mol. The Hall–Kier alpha value is -3.52. The largest absolute Gasteiger partial charge is 0.339 e. The smallest absolute Gasteiger partial charge is 0.325 e. The number of nitrogens with zero attached hydrogens (tertiary/aromatic N) is 3. The third-order valence-corrected chi connectivity index (χ3v) is 7.71. The first-order valence-corrected chi connectivity index (χ1v) is 12.4. The summed E-state index contributed by atoms with van der Waals surface area (Å²) >= 11 is 1.61. The van der Waals surface area contributed by atoms with Crippen molar-refractivity contribution in [2.24, 2.45) is 5.92 Å². The van der Waals surface area contributed by atoms with E-state index in [0.29, 0.717) is 50.2 Å². The van der Waals surface area contributed by atoms with Crippen LogP contribution in [0.25, 0.3) is 0 Å². The number of nitrogens with one attached hydrogen (secondary N) is 1. The van der Waals surface area contributed by atoms with E-state index < -0.39 is 5.54 Å². The molecule has 0 bridgehead atoms. The summed E-state index contributed by atoms with van der Waals surface area (Å²) in [7, 11) is 0. The molecule has 0 spiro atoms. The standard InChI is InChI=1S/C26H26N4O3S/c31-23(19-7-2-1-3-8-19)29-15-11-20(12-16-29)26(22-10-4-5-14-27-22)24(32)30(25(33)28-26)17-13-21-9-6-18-34-21/h1-10,14,18,20H,11-13,15-17H2,(H,28,33)/t26-/m1/s1. The molecule has 0 aliphatic carbocycles. The van der Waals surface area contributed by atoms with Crippen LogP contribution in [-0.4, -0.2) is 52.3 Å². The van der Waals surface area contributed by atoms with Gasteiger partial charge in [0.05, 0.1) is 5.69 Å². The fourth-order valence-corrected chi connectivity index (χ4v) is 5.71. The highest BCUT2D eigenvalue weighted by atomic mass is 32.1. The Kier molecular flexibility index (Phi) is 6.15. The zero-order chi connectivity index (χ0) is 23.5. The van der Waals surface area contributed by atoms with Crippen molar-refractivity contribution in [1.82, 2.24) is 20.1 Å². The van der Waals surface area contributed by atoms with Gasteiger partial charge in [0, 0.05) is 42.2 Å². The second-order valence-electron chi connectivity index (χ2n) is 8.67. The van der Waals surface area contributed by atoms with Gasteiger partial charge in [0.2, 0.25) is 0 Å². The van der Waals surface area contributed by atoms with Crippen LogP contribution in [0.2, 0.25) is 0 Å². The van der Waals surface area contributed by atoms with Crippen molar-refractivity contribution in [2.45, 2.75) is 24.8 Å². The van der Waals surface area contributed by atoms with Crippen LogP contribution >= 0.6 is 11.3 Å². The van der Waals surface area contributed by atoms with Gasteiger partial charge in [-0.25, -0.2) is 4.79 Å². The number of carbonyl (C=O) groups excluding carboxylic acids is 3. The fraction of sp³-hybridized carbons (Fsp3) is 0.308. The summed E-state index contributed by atoms with van der Waals surface area (Å²) in [5.74, 6) is -0.420. The average Bonchev–Trinajstić information content (AvgIpc) is 3.50. The van der Waals surface area contributed by atoms with E-state index in [4.69, 9.17) is 0 Å². The lowest BCUT2D eigenvalue weighted by Crippen LogP contribution is -2.54. The number of piperidine rings is 1. The first-order valence-electron chi connectivity index (χ1n) is 11.5. The molecule has 8 heteroatoms. The highest BCUT2D eigenvalue weighted by molar-refractivity contribution is 7.09. The maximum atomic E-state index is 13.9. The Morgan fingerprint density at radius 1 is 1.03 bits per heavy atom. The maximum absolute atomic E-state index is 13.9. The number of amides is 4. The minimum atomic E-state index is -1.21. The van der Waals surface area contributed by atoms with Gasteiger partial charge in [-0.15, -0.1) is 11.3 Å². The molecule has 2 aliphatic rings. The Labute approximate surface area is 202 Å². The predicted octanol–water partition coefficient (Wildman–Crippen LogP) is 3.69. The second-order valence-corrected chi connectivity index (χ2v) is 9.70. The van der Waals surface area contributed by atoms with Crippen molar-refractivity contribution >= 4 is 29.2 Å². The number of likely N-dealkylation sites (tertiary alicyclic amines) is 1. The summed E-state index contributed by atoms with van der Waals surface area (Å²) in [5.41, 5.74) is 0.000524. The number of pyridine rings is 1. The number of hydrogen-bond acceptors (Lipinski definition) is 5. The van der Waals surface area contributed by atoms with Gasteiger partial charge < -0.3 is 10.2 Å². The van der Waals surface area contributed by atoms with Gasteiger partial charge in [0.15, 0.2) is 5.54 Å². The molecule has 1 atom stereocenters. The molecule has 3 aromatic rings. The molecule has 174 valence electrons. The molecule has 7 nitrogen and oxygen atoms in total. The Balaban J connectivity index is 1.37. The van der Waals surface area contributed by atoms with Gasteiger partial charge in [-0.3, -0.25) is 19.5 Å². The molecular weight excluding hydrogens is 448 g/mol. The summed E-state index contributed by atoms with van der Waals surface area (Å²) in [6.45, 7) is 1.36. The van der Waals surface area contributed by atoms with Crippen LogP contribution in [0.15, 0.2) is 72.2 Å². The number of thiophene rings is 1. The van der Waals surface area contributed by atoms with Gasteiger partial charge in [-0.2, -0.15) is 0 Å². The zero-order valence-electron chi connectivity index (χ0n) is 18.7. The Morgan fingerprint density at radius 3 is 2.47 bits per heavy atom. The summed E-state index contributed by atoms with van der Waals surface area (Å²) in [6.07, 6.45) is 3.47. The van der Waals surface area contributed by atoms with Crippen molar-refractivity contribution in [3.63, 3.8) is 0 Å². The van der Waals surface area contributed by atoms with Crippen LogP contribution in [0.1, 0.15) is 33.8 Å². The molecule has 2 saturated heterocycles. The lowest BCUT2D eigenvalue weighted by molar-refractivity contribution is -0.134. The third kappa shape index (κ3) is 3.98. The van der Waals surface area contributed by atoms with E-state index >= 15 is 0 Å². The molecule has 5 rings (SSSR count). The van der Waals surface area contributed by atoms with Crippen LogP contribution in [0.3, 0.4) is 0 Å². The molecule has 2 aliphatic heterocycles. The van der Waals surface area contributed by atoms with E-state index in [2.05, 4.69) is 10.3 Å². The number of urea groups is 1. The summed E-state index contributed by atoms with van der Waals surface area (Å²) < 4.78 is 0. The number of carbonyl (C=O) groups is 3. The first kappa shape index (κ1) is 22.3. The maximum Gasteiger partial charge on any atom is 0.325 e. The summed E-state index contributed by atoms with van der Waals surface area (Å²) in [4.78, 5) is 48.6. The van der Waals surface area contributed by atoms with Crippen molar-refractivity contribution in [1.29, 1.82) is 0 Å². The van der Waals surface area contributed by atoms with Crippen molar-refractivity contribution in [3.05, 3.63) is 88.4 Å². The van der Waals surface area contributed by atoms with Crippen LogP contribution in [0.4, 0.5) is 4.79 Å². The van der Waals surface area contributed by atoms with E-state index in [-0.39, 0.29) is 23.8 Å². The number of benzene rings is 1. The molecule has 0 saturated carbocycles. The topological polar surface area (TPSA) is 82.6 Å². The van der Waals surface area contributed by atoms with Gasteiger partial charge in [-0.1, -0.05) is 30.3 Å². The Morgan fingerprint density at radius 2 is 1.79 bits per heavy atom. The second kappa shape index (κ2) is 9.38. The van der Waals surface area contributed by atoms with Crippen LogP contribution in [0.5, 0.6) is 0 Å². The van der Waals surface area contributed by atoms with Crippen LogP contribution in [-0.2, 0) is 16.8 Å². The molecular formula is C26H26N4O3S. The van der Waals surface area contributed by atoms with Crippen molar-refractivity contribution < 1.29 is 14.4 Å². The molecule has 0 unspecified atom stereocenters. The molecule has 4 amide bonds. The highest BCUT2D eigenvalue weighted by Gasteiger charge is 2.58. The zero-order valence-corrected chi connectivity index (χ0v) is 19.5. The first-order chi connectivity index (χ1) is 16.6. The third-order valence-electron chi connectivity index (χ3n) is 6.78. The quantitative estimate of drug-likeness (QED) is 0.553. The molecule has 1 aromatic carbocycles. The molecule has 2 aromatic heterocycles. The van der Waals surface area contributed by atoms with Gasteiger partial charge in [-0.05, 0) is 55.0 Å². The molecule has 4 heterocycles. The number of rotatable bonds is 6.